The molecule has 0 fully saturated rings. The fourth-order valence-electron chi connectivity index (χ4n) is 4.53. The lowest BCUT2D eigenvalue weighted by atomic mass is 9.87. The third-order valence-electron chi connectivity index (χ3n) is 6.13. The van der Waals surface area contributed by atoms with Gasteiger partial charge in [-0.1, -0.05) is 72.3 Å². The number of aryl methyl sites for hydroxylation is 1. The number of nitrogens with one attached hydrogen (secondary N) is 1. The molecule has 4 heteroatoms. The monoisotopic (exact) mass is 440 g/mol. The second kappa shape index (κ2) is 10.5. The zero-order chi connectivity index (χ0) is 23.2. The Balaban J connectivity index is 1.64. The van der Waals surface area contributed by atoms with Crippen molar-refractivity contribution in [2.24, 2.45) is 0 Å². The molecule has 4 rings (SSSR count). The van der Waals surface area contributed by atoms with Crippen molar-refractivity contribution in [3.8, 4) is 5.75 Å². The minimum absolute atomic E-state index is 0.129. The molecule has 0 saturated heterocycles. The molecule has 2 unspecified atom stereocenters. The molecule has 0 aliphatic carbocycles. The predicted octanol–water partition coefficient (Wildman–Crippen LogP) is 5.21. The van der Waals surface area contributed by atoms with E-state index in [0.29, 0.717) is 12.3 Å². The van der Waals surface area contributed by atoms with Gasteiger partial charge in [0.15, 0.2) is 6.10 Å². The third kappa shape index (κ3) is 5.52. The summed E-state index contributed by atoms with van der Waals surface area (Å²) in [6.07, 6.45) is 2.07. The van der Waals surface area contributed by atoms with Crippen molar-refractivity contribution in [2.75, 3.05) is 13.1 Å². The molecule has 1 amide bonds. The van der Waals surface area contributed by atoms with E-state index in [-0.39, 0.29) is 11.9 Å². The van der Waals surface area contributed by atoms with Crippen LogP contribution in [0.5, 0.6) is 5.75 Å². The lowest BCUT2D eigenvalue weighted by Gasteiger charge is -2.38. The Hall–Kier alpha value is -3.37. The highest BCUT2D eigenvalue weighted by Gasteiger charge is 2.29. The number of carbonyl (C=O) groups excluding carboxylic acids is 1. The number of carbonyl (C=O) groups is 1. The topological polar surface area (TPSA) is 41.6 Å². The number of benzene rings is 3. The van der Waals surface area contributed by atoms with Crippen molar-refractivity contribution in [1.82, 2.24) is 10.2 Å². The summed E-state index contributed by atoms with van der Waals surface area (Å²) < 4.78 is 6.03. The Kier molecular flexibility index (Phi) is 7.26. The van der Waals surface area contributed by atoms with Gasteiger partial charge in [-0.15, -0.1) is 6.58 Å². The van der Waals surface area contributed by atoms with Crippen LogP contribution in [0.15, 0.2) is 85.5 Å². The first-order valence-corrected chi connectivity index (χ1v) is 11.6. The first-order valence-electron chi connectivity index (χ1n) is 11.6. The highest BCUT2D eigenvalue weighted by Crippen LogP contribution is 2.38. The Labute approximate surface area is 196 Å². The Bertz CT molecular complexity index is 1110. The molecular formula is C29H32N2O2. The van der Waals surface area contributed by atoms with Crippen molar-refractivity contribution in [2.45, 2.75) is 39.0 Å². The summed E-state index contributed by atoms with van der Waals surface area (Å²) in [5.74, 6) is 0.571. The van der Waals surface area contributed by atoms with Gasteiger partial charge in [-0.25, -0.2) is 0 Å². The van der Waals surface area contributed by atoms with Gasteiger partial charge in [0.2, 0.25) is 0 Å². The average molecular weight is 441 g/mol. The number of rotatable bonds is 8. The van der Waals surface area contributed by atoms with E-state index in [1.54, 1.807) is 13.0 Å². The van der Waals surface area contributed by atoms with Crippen LogP contribution in [-0.4, -0.2) is 30.0 Å². The van der Waals surface area contributed by atoms with E-state index in [1.807, 2.05) is 6.07 Å². The number of hydrogen-bond acceptors (Lipinski definition) is 3. The number of amides is 1. The molecule has 1 aliphatic rings. The first-order chi connectivity index (χ1) is 16.0. The maximum atomic E-state index is 12.3. The second-order valence-electron chi connectivity index (χ2n) is 8.68. The smallest absolute Gasteiger partial charge is 0.261 e. The molecule has 0 bridgehead atoms. The molecule has 0 spiro atoms. The van der Waals surface area contributed by atoms with Crippen molar-refractivity contribution in [1.29, 1.82) is 0 Å². The van der Waals surface area contributed by atoms with Crippen LogP contribution in [-0.2, 0) is 17.8 Å². The maximum absolute atomic E-state index is 12.3. The predicted molar refractivity (Wildman–Crippen MR) is 133 cm³/mol. The molecule has 4 nitrogen and oxygen atoms in total. The second-order valence-corrected chi connectivity index (χ2v) is 8.68. The largest absolute Gasteiger partial charge is 0.481 e. The number of nitrogens with zero attached hydrogens (tertiary/aromatic N) is 1. The van der Waals surface area contributed by atoms with Crippen LogP contribution < -0.4 is 10.1 Å². The van der Waals surface area contributed by atoms with Gasteiger partial charge in [-0.3, -0.25) is 9.69 Å². The van der Waals surface area contributed by atoms with Crippen molar-refractivity contribution in [3.63, 3.8) is 0 Å². The van der Waals surface area contributed by atoms with Gasteiger partial charge in [0.05, 0.1) is 6.04 Å². The number of hydrogen-bond donors (Lipinski definition) is 1. The maximum Gasteiger partial charge on any atom is 0.261 e. The third-order valence-corrected chi connectivity index (χ3v) is 6.13. The van der Waals surface area contributed by atoms with E-state index < -0.39 is 6.10 Å². The number of fused-ring (bicyclic) bond motifs is 1. The Morgan fingerprint density at radius 2 is 1.97 bits per heavy atom. The van der Waals surface area contributed by atoms with Gasteiger partial charge in [0.1, 0.15) is 5.75 Å². The SMILES string of the molecule is C=CCNC(=O)C(C)Oc1ccc2c(c1)C(c1ccccc1)N(Cc1cccc(C)c1)CC2. The molecule has 1 N–H and O–H groups in total. The molecule has 0 radical (unpaired) electrons. The van der Waals surface area contributed by atoms with Crippen LogP contribution in [0.25, 0.3) is 0 Å². The van der Waals surface area contributed by atoms with E-state index in [4.69, 9.17) is 4.74 Å². The lowest BCUT2D eigenvalue weighted by Crippen LogP contribution is -2.37. The van der Waals surface area contributed by atoms with E-state index >= 15 is 0 Å². The average Bonchev–Trinajstić information content (AvgIpc) is 2.83. The Morgan fingerprint density at radius 1 is 1.15 bits per heavy atom. The van der Waals surface area contributed by atoms with E-state index in [0.717, 1.165) is 19.5 Å². The molecule has 0 saturated carbocycles. The molecule has 1 aliphatic heterocycles. The van der Waals surface area contributed by atoms with Gasteiger partial charge in [0.25, 0.3) is 5.91 Å². The van der Waals surface area contributed by atoms with Crippen LogP contribution >= 0.6 is 0 Å². The fraction of sp³-hybridized carbons (Fsp3) is 0.276. The summed E-state index contributed by atoms with van der Waals surface area (Å²) in [6.45, 7) is 9.86. The fourth-order valence-corrected chi connectivity index (χ4v) is 4.53. The van der Waals surface area contributed by atoms with Crippen LogP contribution in [0, 0.1) is 6.92 Å². The highest BCUT2D eigenvalue weighted by atomic mass is 16.5. The van der Waals surface area contributed by atoms with Crippen LogP contribution in [0.3, 0.4) is 0 Å². The molecule has 3 aromatic carbocycles. The van der Waals surface area contributed by atoms with Gasteiger partial charge >= 0.3 is 0 Å². The summed E-state index contributed by atoms with van der Waals surface area (Å²) >= 11 is 0. The molecule has 3 aromatic rings. The summed E-state index contributed by atoms with van der Waals surface area (Å²) in [5, 5.41) is 2.80. The van der Waals surface area contributed by atoms with Crippen LogP contribution in [0.1, 0.15) is 40.8 Å². The highest BCUT2D eigenvalue weighted by molar-refractivity contribution is 5.80. The normalized spacial score (nSPS) is 16.5. The molecule has 1 heterocycles. The van der Waals surface area contributed by atoms with E-state index in [2.05, 4.69) is 90.4 Å². The van der Waals surface area contributed by atoms with Gasteiger partial charge in [-0.2, -0.15) is 0 Å². The number of ether oxygens (including phenoxy) is 1. The molecule has 170 valence electrons. The molecule has 0 aromatic heterocycles. The summed E-state index contributed by atoms with van der Waals surface area (Å²) in [5.41, 5.74) is 6.44. The van der Waals surface area contributed by atoms with Crippen LogP contribution in [0.2, 0.25) is 0 Å². The molecular weight excluding hydrogens is 408 g/mol. The van der Waals surface area contributed by atoms with Crippen LogP contribution in [0.4, 0.5) is 0 Å². The van der Waals surface area contributed by atoms with E-state index in [9.17, 15) is 4.79 Å². The minimum Gasteiger partial charge on any atom is -0.481 e. The van der Waals surface area contributed by atoms with Gasteiger partial charge in [-0.05, 0) is 54.7 Å². The first kappa shape index (κ1) is 22.8. The summed E-state index contributed by atoms with van der Waals surface area (Å²) in [4.78, 5) is 14.8. The lowest BCUT2D eigenvalue weighted by molar-refractivity contribution is -0.127. The quantitative estimate of drug-likeness (QED) is 0.489. The van der Waals surface area contributed by atoms with E-state index in [1.165, 1.54) is 27.8 Å². The zero-order valence-electron chi connectivity index (χ0n) is 19.5. The summed E-state index contributed by atoms with van der Waals surface area (Å²) in [6, 6.07) is 25.8. The molecule has 2 atom stereocenters. The van der Waals surface area contributed by atoms with Crippen molar-refractivity contribution < 1.29 is 9.53 Å². The summed E-state index contributed by atoms with van der Waals surface area (Å²) in [7, 11) is 0. The minimum atomic E-state index is -0.579. The van der Waals surface area contributed by atoms with Crippen molar-refractivity contribution in [3.05, 3.63) is 113 Å². The standard InChI is InChI=1S/C29H32N2O2/c1-4-16-30-29(32)22(3)33-26-14-13-24-15-17-31(20-23-10-8-9-21(2)18-23)28(27(24)19-26)25-11-6-5-7-12-25/h4-14,18-19,22,28H,1,15-17,20H2,2-3H3,(H,30,32). The van der Waals surface area contributed by atoms with Crippen molar-refractivity contribution >= 4 is 5.91 Å². The zero-order valence-corrected chi connectivity index (χ0v) is 19.5. The molecule has 33 heavy (non-hydrogen) atoms. The van der Waals surface area contributed by atoms with Gasteiger partial charge < -0.3 is 10.1 Å². The Morgan fingerprint density at radius 3 is 2.73 bits per heavy atom. The van der Waals surface area contributed by atoms with Gasteiger partial charge in [0, 0.05) is 19.6 Å².